The van der Waals surface area contributed by atoms with Gasteiger partial charge in [0.1, 0.15) is 6.04 Å². The zero-order valence-electron chi connectivity index (χ0n) is 17.6. The fourth-order valence-corrected chi connectivity index (χ4v) is 3.20. The highest BCUT2D eigenvalue weighted by atomic mass is 28.4. The van der Waals surface area contributed by atoms with Gasteiger partial charge in [-0.1, -0.05) is 39.0 Å². The van der Waals surface area contributed by atoms with Gasteiger partial charge in [-0.3, -0.25) is 9.59 Å². The summed E-state index contributed by atoms with van der Waals surface area (Å²) in [6, 6.07) is 7.77. The van der Waals surface area contributed by atoms with E-state index in [1.165, 1.54) is 7.11 Å². The van der Waals surface area contributed by atoms with Crippen molar-refractivity contribution >= 4 is 26.1 Å². The minimum absolute atomic E-state index is 0.0543. The lowest BCUT2D eigenvalue weighted by Crippen LogP contribution is -2.47. The molecule has 1 aromatic rings. The van der Waals surface area contributed by atoms with E-state index in [2.05, 4.69) is 44.5 Å². The molecule has 0 aromatic heterocycles. The van der Waals surface area contributed by atoms with Gasteiger partial charge in [-0.25, -0.2) is 4.79 Å². The maximum Gasteiger partial charge on any atom is 0.328 e. The maximum atomic E-state index is 12.2. The van der Waals surface area contributed by atoms with Gasteiger partial charge in [-0.15, -0.1) is 0 Å². The number of benzene rings is 1. The van der Waals surface area contributed by atoms with Crippen LogP contribution in [-0.2, 0) is 18.8 Å². The highest BCUT2D eigenvalue weighted by Gasteiger charge is 2.37. The van der Waals surface area contributed by atoms with Gasteiger partial charge in [0.15, 0.2) is 8.32 Å². The Bertz CT molecular complexity index is 671. The first-order chi connectivity index (χ1) is 13.0. The second kappa shape index (κ2) is 10.4. The summed E-state index contributed by atoms with van der Waals surface area (Å²) in [7, 11) is -0.675. The Balaban J connectivity index is 2.55. The van der Waals surface area contributed by atoms with Crippen LogP contribution in [0, 0.1) is 0 Å². The number of methoxy groups -OCH3 is 1. The molecule has 156 valence electrons. The van der Waals surface area contributed by atoms with Crippen LogP contribution in [0.5, 0.6) is 0 Å². The average Bonchev–Trinajstić information content (AvgIpc) is 2.64. The molecule has 0 saturated carbocycles. The quantitative estimate of drug-likeness (QED) is 0.484. The van der Waals surface area contributed by atoms with E-state index in [-0.39, 0.29) is 17.5 Å². The van der Waals surface area contributed by atoms with Gasteiger partial charge in [-0.05, 0) is 30.3 Å². The second-order valence-corrected chi connectivity index (χ2v) is 12.9. The van der Waals surface area contributed by atoms with Gasteiger partial charge < -0.3 is 19.8 Å². The fraction of sp³-hybridized carbons (Fsp3) is 0.550. The van der Waals surface area contributed by atoms with E-state index in [4.69, 9.17) is 9.16 Å². The largest absolute Gasteiger partial charge is 0.467 e. The molecule has 28 heavy (non-hydrogen) atoms. The van der Waals surface area contributed by atoms with Gasteiger partial charge in [0.05, 0.1) is 13.7 Å². The van der Waals surface area contributed by atoms with Crippen LogP contribution < -0.4 is 10.6 Å². The molecule has 1 rings (SSSR count). The first kappa shape index (κ1) is 23.8. The van der Waals surface area contributed by atoms with Gasteiger partial charge in [0.2, 0.25) is 5.91 Å². The van der Waals surface area contributed by atoms with E-state index in [1.54, 1.807) is 30.3 Å². The monoisotopic (exact) mass is 408 g/mol. The molecule has 0 spiro atoms. The summed E-state index contributed by atoms with van der Waals surface area (Å²) in [6.07, 6.45) is 0.303. The van der Waals surface area contributed by atoms with Crippen molar-refractivity contribution in [3.63, 3.8) is 0 Å². The lowest BCUT2D eigenvalue weighted by molar-refractivity contribution is -0.145. The van der Waals surface area contributed by atoms with Crippen LogP contribution in [0.4, 0.5) is 0 Å². The van der Waals surface area contributed by atoms with Crippen LogP contribution in [0.2, 0.25) is 18.1 Å². The van der Waals surface area contributed by atoms with Crippen LogP contribution in [0.1, 0.15) is 37.6 Å². The number of carbonyl (C=O) groups is 3. The first-order valence-electron chi connectivity index (χ1n) is 9.32. The molecule has 0 aliphatic carbocycles. The van der Waals surface area contributed by atoms with Crippen LogP contribution in [-0.4, -0.2) is 52.4 Å². The summed E-state index contributed by atoms with van der Waals surface area (Å²) < 4.78 is 10.8. The normalized spacial score (nSPS) is 12.8. The Morgan fingerprint density at radius 3 is 2.25 bits per heavy atom. The highest BCUT2D eigenvalue weighted by Crippen LogP contribution is 2.36. The van der Waals surface area contributed by atoms with E-state index in [0.717, 1.165) is 0 Å². The molecular weight excluding hydrogens is 376 g/mol. The molecule has 8 heteroatoms. The lowest BCUT2D eigenvalue weighted by Gasteiger charge is -2.36. The molecule has 7 nitrogen and oxygen atoms in total. The fourth-order valence-electron chi connectivity index (χ4n) is 2.14. The number of hydrogen-bond acceptors (Lipinski definition) is 5. The number of carbonyl (C=O) groups excluding carboxylic acids is 3. The highest BCUT2D eigenvalue weighted by molar-refractivity contribution is 6.74. The molecule has 0 radical (unpaired) electrons. The smallest absolute Gasteiger partial charge is 0.328 e. The summed E-state index contributed by atoms with van der Waals surface area (Å²) in [6.45, 7) is 10.8. The molecule has 1 aromatic carbocycles. The van der Waals surface area contributed by atoms with E-state index < -0.39 is 26.2 Å². The summed E-state index contributed by atoms with van der Waals surface area (Å²) in [5.74, 6) is -1.36. The van der Waals surface area contributed by atoms with E-state index in [1.807, 2.05) is 0 Å². The minimum Gasteiger partial charge on any atom is -0.467 e. The zero-order chi connectivity index (χ0) is 21.4. The first-order valence-corrected chi connectivity index (χ1v) is 12.2. The van der Waals surface area contributed by atoms with Crippen molar-refractivity contribution < 1.29 is 23.5 Å². The molecule has 2 N–H and O–H groups in total. The van der Waals surface area contributed by atoms with Crippen molar-refractivity contribution in [1.29, 1.82) is 0 Å². The van der Waals surface area contributed by atoms with Gasteiger partial charge in [-0.2, -0.15) is 0 Å². The zero-order valence-corrected chi connectivity index (χ0v) is 18.6. The molecule has 0 heterocycles. The standard InChI is InChI=1S/C20H32N2O5Si/c1-20(2,3)28(5,6)27-13-12-16(19(25)26-4)22-17(23)14-21-18(24)15-10-8-7-9-11-15/h7-11,16H,12-14H2,1-6H3,(H,21,24)(H,22,23)/t16-/m1/s1. The number of hydrogen-bond donors (Lipinski definition) is 2. The number of ether oxygens (including phenoxy) is 1. The Morgan fingerprint density at radius 2 is 1.71 bits per heavy atom. The van der Waals surface area contributed by atoms with E-state index >= 15 is 0 Å². The minimum atomic E-state index is -1.95. The number of amides is 2. The Hall–Kier alpha value is -2.19. The predicted molar refractivity (Wildman–Crippen MR) is 110 cm³/mol. The number of nitrogens with one attached hydrogen (secondary N) is 2. The summed E-state index contributed by atoms with van der Waals surface area (Å²) in [5.41, 5.74) is 0.461. The van der Waals surface area contributed by atoms with Crippen LogP contribution in [0.15, 0.2) is 30.3 Å². The Kier molecular flexibility index (Phi) is 8.84. The van der Waals surface area contributed by atoms with E-state index in [9.17, 15) is 14.4 Å². The molecule has 0 bridgehead atoms. The van der Waals surface area contributed by atoms with Crippen LogP contribution in [0.25, 0.3) is 0 Å². The third-order valence-corrected chi connectivity index (χ3v) is 9.48. The van der Waals surface area contributed by atoms with Gasteiger partial charge >= 0.3 is 5.97 Å². The van der Waals surface area contributed by atoms with Crippen molar-refractivity contribution in [2.45, 2.75) is 51.4 Å². The number of esters is 1. The van der Waals surface area contributed by atoms with Crippen molar-refractivity contribution in [3.8, 4) is 0 Å². The third kappa shape index (κ3) is 7.44. The lowest BCUT2D eigenvalue weighted by atomic mass is 10.2. The average molecular weight is 409 g/mol. The Morgan fingerprint density at radius 1 is 1.11 bits per heavy atom. The van der Waals surface area contributed by atoms with Crippen molar-refractivity contribution in [2.24, 2.45) is 0 Å². The Labute approximate surface area is 168 Å². The molecular formula is C20H32N2O5Si. The van der Waals surface area contributed by atoms with Crippen molar-refractivity contribution in [3.05, 3.63) is 35.9 Å². The van der Waals surface area contributed by atoms with Crippen molar-refractivity contribution in [2.75, 3.05) is 20.3 Å². The van der Waals surface area contributed by atoms with E-state index in [0.29, 0.717) is 18.6 Å². The molecule has 0 fully saturated rings. The molecule has 0 unspecified atom stereocenters. The summed E-state index contributed by atoms with van der Waals surface area (Å²) >= 11 is 0. The number of rotatable bonds is 9. The third-order valence-electron chi connectivity index (χ3n) is 4.94. The molecule has 0 saturated heterocycles. The second-order valence-electron chi connectivity index (χ2n) is 8.09. The summed E-state index contributed by atoms with van der Waals surface area (Å²) in [4.78, 5) is 36.2. The molecule has 0 aliphatic rings. The topological polar surface area (TPSA) is 93.7 Å². The maximum absolute atomic E-state index is 12.2. The SMILES string of the molecule is COC(=O)[C@@H](CCO[Si](C)(C)C(C)(C)C)NC(=O)CNC(=O)c1ccccc1. The van der Waals surface area contributed by atoms with Crippen molar-refractivity contribution in [1.82, 2.24) is 10.6 Å². The van der Waals surface area contributed by atoms with Crippen LogP contribution >= 0.6 is 0 Å². The molecule has 0 aliphatic heterocycles. The van der Waals surface area contributed by atoms with Gasteiger partial charge in [0, 0.05) is 18.6 Å². The molecule has 1 atom stereocenters. The van der Waals surface area contributed by atoms with Crippen LogP contribution in [0.3, 0.4) is 0 Å². The summed E-state index contributed by atoms with van der Waals surface area (Å²) in [5, 5.41) is 5.19. The van der Waals surface area contributed by atoms with Gasteiger partial charge in [0.25, 0.3) is 5.91 Å². The predicted octanol–water partition coefficient (Wildman–Crippen LogP) is 2.49. The molecule has 2 amide bonds.